The van der Waals surface area contributed by atoms with Gasteiger partial charge in [-0.3, -0.25) is 9.59 Å². The number of fused-ring (bicyclic) bond motifs is 6. The van der Waals surface area contributed by atoms with Gasteiger partial charge < -0.3 is 14.4 Å². The average molecular weight is 557 g/mol. The number of benzene rings is 1. The number of carbonyl (C=O) groups excluding carboxylic acids is 2. The third-order valence-electron chi connectivity index (χ3n) is 10.8. The topological polar surface area (TPSA) is 94.1 Å². The third-order valence-corrected chi connectivity index (χ3v) is 12.8. The number of ether oxygens (including phenoxy) is 2. The van der Waals surface area contributed by atoms with E-state index >= 15 is 0 Å². The van der Waals surface area contributed by atoms with Gasteiger partial charge in [0, 0.05) is 37.7 Å². The molecule has 1 aromatic carbocycles. The second-order valence-corrected chi connectivity index (χ2v) is 14.7. The summed E-state index contributed by atoms with van der Waals surface area (Å²) in [6, 6.07) is 7.71. The van der Waals surface area contributed by atoms with Gasteiger partial charge in [-0.05, 0) is 74.2 Å². The Morgan fingerprint density at radius 3 is 2.64 bits per heavy atom. The lowest BCUT2D eigenvalue weighted by molar-refractivity contribution is -0.221. The lowest BCUT2D eigenvalue weighted by atomic mass is 9.47. The smallest absolute Gasteiger partial charge is 0.302 e. The molecule has 0 saturated heterocycles. The highest BCUT2D eigenvalue weighted by Gasteiger charge is 2.63. The molecule has 0 aromatic heterocycles. The summed E-state index contributed by atoms with van der Waals surface area (Å²) in [5.74, 6) is 0.809. The molecule has 0 radical (unpaired) electrons. The number of hydrogen-bond donors (Lipinski definition) is 0. The van der Waals surface area contributed by atoms with E-state index in [2.05, 4.69) is 13.0 Å². The standard InChI is InChI=1S/C31H41O7P/c1-20(32)37-24-12-15-30(3)23(18-24)8-9-25-26(30)13-16-31(27(25)10-11-29(31)38-21(2)33)19-36-39(34)28-7-5-4-6-22(28)14-17-35-39/h4-8,24-27,29H,9-19H2,1-3H3/t24-,25+,26-,27-,29-,30-,31+,39?/m0/s1. The fraction of sp³-hybridized carbons (Fsp3) is 0.677. The van der Waals surface area contributed by atoms with Gasteiger partial charge in [0.1, 0.15) is 18.8 Å². The van der Waals surface area contributed by atoms with E-state index < -0.39 is 7.94 Å². The van der Waals surface area contributed by atoms with Crippen molar-refractivity contribution in [3.8, 4) is 0 Å². The second kappa shape index (κ2) is 10.2. The number of allylic oxidation sites excluding steroid dienone is 1. The summed E-state index contributed by atoms with van der Waals surface area (Å²) in [6.45, 7) is 6.03. The van der Waals surface area contributed by atoms with E-state index in [1.54, 1.807) is 0 Å². The van der Waals surface area contributed by atoms with Gasteiger partial charge >= 0.3 is 11.9 Å². The molecule has 3 saturated carbocycles. The largest absolute Gasteiger partial charge is 0.627 e. The van der Waals surface area contributed by atoms with Crippen LogP contribution in [0.1, 0.15) is 77.7 Å². The SMILES string of the molecule is CC(=O)O[C@H]1CC[C@@]2(C)C(=CC[C@H]3[C@@H]4CC[C@H](OC(C)=O)[C@@]4(CO[P+]4([O-])OCCc5ccccc54)CC[C@@H]32)C1. The first kappa shape index (κ1) is 27.4. The molecule has 1 unspecified atom stereocenters. The predicted octanol–water partition coefficient (Wildman–Crippen LogP) is 4.83. The summed E-state index contributed by atoms with van der Waals surface area (Å²) in [7, 11) is -3.47. The first-order chi connectivity index (χ1) is 18.6. The van der Waals surface area contributed by atoms with Crippen LogP contribution in [0.15, 0.2) is 35.9 Å². The Hall–Kier alpha value is -1.79. The Labute approximate surface area is 232 Å². The lowest BCUT2D eigenvalue weighted by Crippen LogP contribution is -2.54. The molecule has 1 aromatic rings. The highest BCUT2D eigenvalue weighted by atomic mass is 31.2. The molecule has 212 valence electrons. The van der Waals surface area contributed by atoms with Crippen LogP contribution in [0.25, 0.3) is 0 Å². The Bertz CT molecular complexity index is 1170. The van der Waals surface area contributed by atoms with Gasteiger partial charge in [-0.25, -0.2) is 9.05 Å². The van der Waals surface area contributed by atoms with E-state index in [1.165, 1.54) is 19.4 Å². The van der Waals surface area contributed by atoms with Crippen molar-refractivity contribution in [1.29, 1.82) is 0 Å². The van der Waals surface area contributed by atoms with Gasteiger partial charge in [-0.1, -0.05) is 36.8 Å². The van der Waals surface area contributed by atoms with Gasteiger partial charge in [-0.15, -0.1) is 0 Å². The van der Waals surface area contributed by atoms with Gasteiger partial charge in [0.05, 0.1) is 6.61 Å². The van der Waals surface area contributed by atoms with Crippen molar-refractivity contribution >= 4 is 25.2 Å². The van der Waals surface area contributed by atoms with E-state index in [1.807, 2.05) is 24.3 Å². The first-order valence-electron chi connectivity index (χ1n) is 14.7. The van der Waals surface area contributed by atoms with Crippen LogP contribution in [-0.4, -0.2) is 37.4 Å². The average Bonchev–Trinajstić information content (AvgIpc) is 3.26. The molecule has 1 aliphatic heterocycles. The summed E-state index contributed by atoms with van der Waals surface area (Å²) < 4.78 is 23.8. The molecule has 39 heavy (non-hydrogen) atoms. The monoisotopic (exact) mass is 556 g/mol. The predicted molar refractivity (Wildman–Crippen MR) is 146 cm³/mol. The molecular weight excluding hydrogens is 515 g/mol. The quantitative estimate of drug-likeness (QED) is 0.291. The minimum absolute atomic E-state index is 0.0233. The summed E-state index contributed by atoms with van der Waals surface area (Å²) in [6.07, 6.45) is 10.2. The van der Waals surface area contributed by atoms with Crippen LogP contribution in [-0.2, 0) is 34.5 Å². The van der Waals surface area contributed by atoms with Gasteiger partial charge in [-0.2, -0.15) is 0 Å². The Kier molecular flexibility index (Phi) is 7.19. The van der Waals surface area contributed by atoms with E-state index in [0.29, 0.717) is 29.7 Å². The summed E-state index contributed by atoms with van der Waals surface area (Å²) in [5, 5.41) is 0.669. The van der Waals surface area contributed by atoms with Crippen molar-refractivity contribution in [3.63, 3.8) is 0 Å². The second-order valence-electron chi connectivity index (χ2n) is 12.7. The molecule has 4 aliphatic carbocycles. The molecule has 8 heteroatoms. The summed E-state index contributed by atoms with van der Waals surface area (Å²) in [5.41, 5.74) is 2.17. The van der Waals surface area contributed by atoms with E-state index in [9.17, 15) is 14.5 Å². The Morgan fingerprint density at radius 2 is 1.85 bits per heavy atom. The van der Waals surface area contributed by atoms with E-state index in [4.69, 9.17) is 18.5 Å². The van der Waals surface area contributed by atoms with Gasteiger partial charge in [0.15, 0.2) is 5.30 Å². The van der Waals surface area contributed by atoms with E-state index in [0.717, 1.165) is 63.4 Å². The van der Waals surface area contributed by atoms with Crippen molar-refractivity contribution in [3.05, 3.63) is 41.5 Å². The first-order valence-corrected chi connectivity index (χ1v) is 16.2. The maximum atomic E-state index is 14.0. The lowest BCUT2D eigenvalue weighted by Gasteiger charge is -2.58. The van der Waals surface area contributed by atoms with Crippen LogP contribution in [0.4, 0.5) is 0 Å². The van der Waals surface area contributed by atoms with Crippen LogP contribution in [0, 0.1) is 28.6 Å². The van der Waals surface area contributed by atoms with Crippen molar-refractivity contribution in [2.24, 2.45) is 28.6 Å². The zero-order chi connectivity index (χ0) is 27.4. The molecule has 6 rings (SSSR count). The fourth-order valence-electron chi connectivity index (χ4n) is 9.02. The van der Waals surface area contributed by atoms with Crippen molar-refractivity contribution in [2.45, 2.75) is 90.8 Å². The van der Waals surface area contributed by atoms with Crippen molar-refractivity contribution in [2.75, 3.05) is 13.2 Å². The molecule has 5 aliphatic rings. The van der Waals surface area contributed by atoms with Crippen LogP contribution < -0.4 is 10.2 Å². The van der Waals surface area contributed by atoms with Crippen molar-refractivity contribution in [1.82, 2.24) is 0 Å². The molecule has 3 fully saturated rings. The van der Waals surface area contributed by atoms with Crippen LogP contribution in [0.2, 0.25) is 0 Å². The maximum absolute atomic E-state index is 14.0. The zero-order valence-corrected chi connectivity index (χ0v) is 24.3. The molecule has 0 N–H and O–H groups in total. The molecule has 1 heterocycles. The van der Waals surface area contributed by atoms with Gasteiger partial charge in [0.25, 0.3) is 7.94 Å². The third kappa shape index (κ3) is 4.67. The van der Waals surface area contributed by atoms with Crippen LogP contribution in [0.3, 0.4) is 0 Å². The zero-order valence-electron chi connectivity index (χ0n) is 23.4. The Morgan fingerprint density at radius 1 is 1.05 bits per heavy atom. The van der Waals surface area contributed by atoms with E-state index in [-0.39, 0.29) is 41.6 Å². The van der Waals surface area contributed by atoms with Gasteiger partial charge in [0.2, 0.25) is 0 Å². The Balaban J connectivity index is 1.28. The molecular formula is C31H41O7P. The maximum Gasteiger partial charge on any atom is 0.302 e. The van der Waals surface area contributed by atoms with Crippen LogP contribution >= 0.6 is 7.94 Å². The number of hydrogen-bond acceptors (Lipinski definition) is 7. The number of carbonyl (C=O) groups is 2. The molecule has 0 amide bonds. The molecule has 0 spiro atoms. The highest BCUT2D eigenvalue weighted by Crippen LogP contribution is 2.67. The number of esters is 2. The molecule has 0 bridgehead atoms. The summed E-state index contributed by atoms with van der Waals surface area (Å²) >= 11 is 0. The minimum atomic E-state index is -3.47. The highest BCUT2D eigenvalue weighted by molar-refractivity contribution is 7.67. The molecule has 8 atom stereocenters. The fourth-order valence-corrected chi connectivity index (χ4v) is 10.9. The number of rotatable bonds is 5. The molecule has 7 nitrogen and oxygen atoms in total. The summed E-state index contributed by atoms with van der Waals surface area (Å²) in [4.78, 5) is 37.8. The minimum Gasteiger partial charge on any atom is -0.627 e. The van der Waals surface area contributed by atoms with Crippen molar-refractivity contribution < 1.29 is 33.0 Å². The normalized spacial score (nSPS) is 40.8. The van der Waals surface area contributed by atoms with Crippen LogP contribution in [0.5, 0.6) is 0 Å².